The smallest absolute Gasteiger partial charge is 0.369 e. The van der Waals surface area contributed by atoms with Crippen molar-refractivity contribution in [2.45, 2.75) is 12.8 Å². The molecule has 0 aromatic heterocycles. The number of hydrogen-bond donors (Lipinski definition) is 2. The first-order chi connectivity index (χ1) is 15.4. The molecule has 0 aromatic carbocycles. The van der Waals surface area contributed by atoms with Crippen molar-refractivity contribution in [3.63, 3.8) is 0 Å². The number of amides is 2. The van der Waals surface area contributed by atoms with Crippen LogP contribution in [0.3, 0.4) is 0 Å². The van der Waals surface area contributed by atoms with E-state index in [-0.39, 0.29) is 42.0 Å². The zero-order valence-corrected chi connectivity index (χ0v) is 22.0. The van der Waals surface area contributed by atoms with Gasteiger partial charge >= 0.3 is 17.1 Å². The van der Waals surface area contributed by atoms with Crippen LogP contribution in [0.1, 0.15) is 12.8 Å². The van der Waals surface area contributed by atoms with Crippen molar-refractivity contribution in [3.8, 4) is 0 Å². The number of nitrogens with two attached hydrogens (primary N) is 2. The Morgan fingerprint density at radius 3 is 1.09 bits per heavy atom. The van der Waals surface area contributed by atoms with Crippen LogP contribution >= 0.6 is 0 Å². The van der Waals surface area contributed by atoms with E-state index in [0.717, 1.165) is 65.2 Å². The van der Waals surface area contributed by atoms with E-state index >= 15 is 0 Å². The molecule has 19 heteroatoms. The van der Waals surface area contributed by atoms with E-state index in [1.807, 2.05) is 0 Å². The Labute approximate surface area is 219 Å². The maximum absolute atomic E-state index is 11.3. The van der Waals surface area contributed by atoms with Gasteiger partial charge < -0.3 is 21.3 Å². The van der Waals surface area contributed by atoms with Gasteiger partial charge in [0.05, 0.1) is 13.1 Å². The van der Waals surface area contributed by atoms with E-state index in [9.17, 15) is 9.59 Å². The topological polar surface area (TPSA) is 284 Å². The minimum atomic E-state index is -4.94. The molecule has 0 aromatic rings. The van der Waals surface area contributed by atoms with Gasteiger partial charge in [0, 0.05) is 26.2 Å². The maximum atomic E-state index is 11.3. The molecule has 0 aliphatic carbocycles. The van der Waals surface area contributed by atoms with E-state index in [1.54, 1.807) is 0 Å². The number of nitrogens with zero attached hydrogens (tertiary/aromatic N) is 4. The van der Waals surface area contributed by atoms with Crippen LogP contribution in [0.2, 0.25) is 0 Å². The molecule has 1 saturated heterocycles. The van der Waals surface area contributed by atoms with Gasteiger partial charge in [-0.1, -0.05) is 0 Å². The molecule has 0 unspecified atom stereocenters. The summed E-state index contributed by atoms with van der Waals surface area (Å²) < 4.78 is 67.9. The Morgan fingerprint density at radius 2 is 0.857 bits per heavy atom. The number of carbonyl (C=O) groups is 2. The minimum Gasteiger partial charge on any atom is -0.369 e. The van der Waals surface area contributed by atoms with Crippen molar-refractivity contribution in [1.29, 1.82) is 0 Å². The molecule has 1 rings (SSSR count). The quantitative estimate of drug-likeness (QED) is 0.282. The van der Waals surface area contributed by atoms with E-state index in [1.165, 1.54) is 0 Å². The molecule has 1 heterocycles. The molecule has 0 spiro atoms. The molecular weight excluding hydrogens is 571 g/mol. The summed E-state index contributed by atoms with van der Waals surface area (Å²) in [5.74, 6) is -0.625. The molecule has 16 nitrogen and oxygen atoms in total. The third-order valence-electron chi connectivity index (χ3n) is 4.38. The summed E-state index contributed by atoms with van der Waals surface area (Å²) in [5.41, 5.74) is 10.7. The summed E-state index contributed by atoms with van der Waals surface area (Å²) in [5, 5.41) is 0. The van der Waals surface area contributed by atoms with Crippen LogP contribution in [0.15, 0.2) is 0 Å². The molecule has 2 amide bonds. The van der Waals surface area contributed by atoms with E-state index in [2.05, 4.69) is 33.7 Å². The zero-order chi connectivity index (χ0) is 26.9. The number of primary amides is 2. The second kappa shape index (κ2) is 20.6. The molecule has 0 saturated carbocycles. The van der Waals surface area contributed by atoms with Gasteiger partial charge in [0.1, 0.15) is 0 Å². The first kappa shape index (κ1) is 39.1. The Bertz CT molecular complexity index is 514. The van der Waals surface area contributed by atoms with E-state index < -0.39 is 20.5 Å². The SMILES string of the molecule is CN1CCCN(CC(N)=O)CCN(CC(N)=O)CCCN(C)CC1.[Cu+2].[O-][Cl+3]([O-])([O-])[O-].[O-][Cl+3]([O-])([O-])[O-]. The average Bonchev–Trinajstić information content (AvgIpc) is 2.59. The third-order valence-corrected chi connectivity index (χ3v) is 4.38. The van der Waals surface area contributed by atoms with Crippen molar-refractivity contribution in [2.24, 2.45) is 11.5 Å². The van der Waals surface area contributed by atoms with Crippen LogP contribution in [-0.2, 0) is 26.7 Å². The number of halogens is 2. The summed E-state index contributed by atoms with van der Waals surface area (Å²) in [6.45, 7) is 7.65. The summed E-state index contributed by atoms with van der Waals surface area (Å²) in [7, 11) is -5.63. The molecule has 1 aliphatic heterocycles. The monoisotopic (exact) mass is 603 g/mol. The van der Waals surface area contributed by atoms with Crippen LogP contribution in [0.5, 0.6) is 0 Å². The van der Waals surface area contributed by atoms with E-state index in [0.29, 0.717) is 0 Å². The van der Waals surface area contributed by atoms with Crippen molar-refractivity contribution >= 4 is 11.8 Å². The Kier molecular flexibility index (Phi) is 23.0. The summed E-state index contributed by atoms with van der Waals surface area (Å²) in [4.78, 5) is 31.3. The predicted molar refractivity (Wildman–Crippen MR) is 95.5 cm³/mol. The molecule has 35 heavy (non-hydrogen) atoms. The van der Waals surface area contributed by atoms with Crippen LogP contribution in [-0.4, -0.2) is 111 Å². The molecule has 1 fully saturated rings. The van der Waals surface area contributed by atoms with Crippen LogP contribution in [0.25, 0.3) is 0 Å². The standard InChI is InChI=1S/C16H34N6O2.2ClHO4.Cu/c1-19-5-3-7-21(13-15(17)23)11-12-22(14-16(18)24)8-4-6-20(2)10-9-19;2*2-1(3,4)5;/h3-14H2,1-2H3,(H2,17,23)(H2,18,24);2*(H,2,3,4,5);/q;;;+2/p-2. The number of carbonyl (C=O) groups excluding carboxylic acids is 2. The Morgan fingerprint density at radius 1 is 0.600 bits per heavy atom. The van der Waals surface area contributed by atoms with Crippen molar-refractivity contribution in [2.75, 3.05) is 79.5 Å². The van der Waals surface area contributed by atoms with Crippen molar-refractivity contribution in [1.82, 2.24) is 19.6 Å². The van der Waals surface area contributed by atoms with Crippen molar-refractivity contribution < 1.29 is 84.4 Å². The summed E-state index contributed by atoms with van der Waals surface area (Å²) >= 11 is 0. The largest absolute Gasteiger partial charge is 2.00 e. The molecule has 0 bridgehead atoms. The second-order valence-corrected chi connectivity index (χ2v) is 9.07. The first-order valence-corrected chi connectivity index (χ1v) is 12.5. The van der Waals surface area contributed by atoms with Crippen LogP contribution < -0.4 is 48.7 Å². The third kappa shape index (κ3) is 38.3. The Hall–Kier alpha value is -0.441. The van der Waals surface area contributed by atoms with Crippen LogP contribution in [0, 0.1) is 20.5 Å². The molecule has 0 atom stereocenters. The predicted octanol–water partition coefficient (Wildman–Crippen LogP) is -11.3. The maximum Gasteiger partial charge on any atom is 2.00 e. The van der Waals surface area contributed by atoms with Gasteiger partial charge in [0.25, 0.3) is 0 Å². The van der Waals surface area contributed by atoms with Gasteiger partial charge in [-0.25, -0.2) is 37.3 Å². The Balaban J connectivity index is -0.000000784. The number of hydrogen-bond acceptors (Lipinski definition) is 14. The van der Waals surface area contributed by atoms with Gasteiger partial charge in [-0.3, -0.25) is 19.4 Å². The van der Waals surface area contributed by atoms with Gasteiger partial charge in [0.2, 0.25) is 11.8 Å². The summed E-state index contributed by atoms with van der Waals surface area (Å²) in [6.07, 6.45) is 1.98. The average molecular weight is 605 g/mol. The zero-order valence-electron chi connectivity index (χ0n) is 19.6. The van der Waals surface area contributed by atoms with Crippen LogP contribution in [0.4, 0.5) is 0 Å². The second-order valence-electron chi connectivity index (χ2n) is 7.55. The van der Waals surface area contributed by atoms with Gasteiger partial charge in [-0.15, -0.1) is 20.5 Å². The number of rotatable bonds is 4. The van der Waals surface area contributed by atoms with E-state index in [4.69, 9.17) is 48.7 Å². The fraction of sp³-hybridized carbons (Fsp3) is 0.875. The van der Waals surface area contributed by atoms with Gasteiger partial charge in [0.15, 0.2) is 0 Å². The first-order valence-electron chi connectivity index (χ1n) is 9.98. The fourth-order valence-corrected chi connectivity index (χ4v) is 2.96. The molecule has 1 aliphatic rings. The normalized spacial score (nSPS) is 18.6. The summed E-state index contributed by atoms with van der Waals surface area (Å²) in [6, 6.07) is 0. The number of likely N-dealkylation sites (N-methyl/N-ethyl adjacent to an activating group) is 2. The molecule has 1 radical (unpaired) electrons. The molecule has 213 valence electrons. The van der Waals surface area contributed by atoms with Gasteiger partial charge in [-0.2, -0.15) is 0 Å². The molecular formula is C16H34Cl2CuN6O10. The fourth-order valence-electron chi connectivity index (χ4n) is 2.96. The van der Waals surface area contributed by atoms with Gasteiger partial charge in [-0.05, 0) is 53.1 Å². The van der Waals surface area contributed by atoms with Crippen molar-refractivity contribution in [3.05, 3.63) is 0 Å². The molecule has 4 N–H and O–H groups in total. The minimum absolute atomic E-state index is 0.